The molecule has 0 aliphatic carbocycles. The molecule has 0 unspecified atom stereocenters. The van der Waals surface area contributed by atoms with Crippen LogP contribution in [0.4, 0.5) is 11.4 Å². The maximum Gasteiger partial charge on any atom is 0.262 e. The van der Waals surface area contributed by atoms with E-state index in [2.05, 4.69) is 9.44 Å². The van der Waals surface area contributed by atoms with Crippen molar-refractivity contribution in [2.24, 2.45) is 0 Å². The number of rotatable bonds is 7. The van der Waals surface area contributed by atoms with Crippen LogP contribution in [-0.2, 0) is 25.5 Å². The summed E-state index contributed by atoms with van der Waals surface area (Å²) >= 11 is 0. The van der Waals surface area contributed by atoms with Crippen LogP contribution in [0.25, 0.3) is 0 Å². The third-order valence-electron chi connectivity index (χ3n) is 4.90. The summed E-state index contributed by atoms with van der Waals surface area (Å²) in [5, 5.41) is 10.2. The lowest BCUT2D eigenvalue weighted by Crippen LogP contribution is -2.16. The lowest BCUT2D eigenvalue weighted by atomic mass is 9.87. The van der Waals surface area contributed by atoms with Crippen molar-refractivity contribution in [3.63, 3.8) is 0 Å². The smallest absolute Gasteiger partial charge is 0.262 e. The summed E-state index contributed by atoms with van der Waals surface area (Å²) in [5.74, 6) is -0.0967. The van der Waals surface area contributed by atoms with E-state index in [-0.39, 0.29) is 26.6 Å². The molecule has 0 radical (unpaired) electrons. The van der Waals surface area contributed by atoms with Gasteiger partial charge in [0.1, 0.15) is 11.5 Å². The van der Waals surface area contributed by atoms with Gasteiger partial charge in [0.2, 0.25) is 0 Å². The number of aromatic hydroxyl groups is 1. The highest BCUT2D eigenvalue weighted by Crippen LogP contribution is 2.32. The zero-order valence-electron chi connectivity index (χ0n) is 18.7. The fraction of sp³-hybridized carbons (Fsp3) is 0.217. The molecule has 0 aliphatic rings. The highest BCUT2D eigenvalue weighted by atomic mass is 32.2. The Morgan fingerprint density at radius 1 is 0.758 bits per heavy atom. The highest BCUT2D eigenvalue weighted by molar-refractivity contribution is 7.93. The first-order chi connectivity index (χ1) is 15.3. The minimum atomic E-state index is -4.10. The van der Waals surface area contributed by atoms with Gasteiger partial charge in [-0.2, -0.15) is 0 Å². The van der Waals surface area contributed by atoms with Crippen LogP contribution in [0.15, 0.2) is 76.5 Å². The summed E-state index contributed by atoms with van der Waals surface area (Å²) in [7, 11) is -6.77. The van der Waals surface area contributed by atoms with Gasteiger partial charge in [-0.3, -0.25) is 9.44 Å². The molecule has 0 aliphatic heterocycles. The van der Waals surface area contributed by atoms with Crippen molar-refractivity contribution in [2.75, 3.05) is 16.6 Å². The van der Waals surface area contributed by atoms with E-state index < -0.39 is 25.8 Å². The van der Waals surface area contributed by atoms with Crippen molar-refractivity contribution in [3.05, 3.63) is 72.3 Å². The number of hydrogen-bond acceptors (Lipinski definition) is 6. The van der Waals surface area contributed by atoms with Gasteiger partial charge in [0.05, 0.1) is 28.3 Å². The molecule has 10 heteroatoms. The molecule has 3 N–H and O–H groups in total. The Bertz CT molecular complexity index is 1360. The van der Waals surface area contributed by atoms with Crippen LogP contribution in [-0.4, -0.2) is 29.1 Å². The highest BCUT2D eigenvalue weighted by Gasteiger charge is 2.22. The number of nitrogens with one attached hydrogen (secondary N) is 2. The molecule has 8 nitrogen and oxygen atoms in total. The Kier molecular flexibility index (Phi) is 6.62. The Morgan fingerprint density at radius 3 is 1.91 bits per heavy atom. The second-order valence-electron chi connectivity index (χ2n) is 8.36. The summed E-state index contributed by atoms with van der Waals surface area (Å²) in [6.07, 6.45) is 0. The van der Waals surface area contributed by atoms with Gasteiger partial charge >= 0.3 is 0 Å². The molecular formula is C23H26N2O6S2. The van der Waals surface area contributed by atoms with Gasteiger partial charge < -0.3 is 9.84 Å². The van der Waals surface area contributed by atoms with Gasteiger partial charge in [-0.1, -0.05) is 45.0 Å². The first kappa shape index (κ1) is 24.4. The Morgan fingerprint density at radius 2 is 1.30 bits per heavy atom. The molecule has 33 heavy (non-hydrogen) atoms. The standard InChI is InChI=1S/C23H26N2O6S2/c1-23(2,3)16-9-11-17(12-10-16)32(27,28)25-20-15-18(13-14-21(20)26)33(29,30)24-19-7-5-6-8-22(19)31-4/h5-15,24-26H,1-4H3. The van der Waals surface area contributed by atoms with Crippen LogP contribution in [0.5, 0.6) is 11.5 Å². The molecule has 0 spiro atoms. The average Bonchev–Trinajstić information content (AvgIpc) is 2.74. The number of anilines is 2. The average molecular weight is 491 g/mol. The zero-order chi connectivity index (χ0) is 24.4. The van der Waals surface area contributed by atoms with Crippen molar-refractivity contribution in [3.8, 4) is 11.5 Å². The van der Waals surface area contributed by atoms with Gasteiger partial charge in [-0.15, -0.1) is 0 Å². The monoisotopic (exact) mass is 490 g/mol. The first-order valence-corrected chi connectivity index (χ1v) is 12.9. The van der Waals surface area contributed by atoms with Crippen LogP contribution >= 0.6 is 0 Å². The van der Waals surface area contributed by atoms with Crippen LogP contribution in [0.1, 0.15) is 26.3 Å². The third kappa shape index (κ3) is 5.58. The molecule has 0 saturated heterocycles. The second-order valence-corrected chi connectivity index (χ2v) is 11.7. The van der Waals surface area contributed by atoms with E-state index in [1.54, 1.807) is 30.3 Å². The van der Waals surface area contributed by atoms with E-state index in [4.69, 9.17) is 4.74 Å². The predicted octanol–water partition coefficient (Wildman–Crippen LogP) is 4.30. The topological polar surface area (TPSA) is 122 Å². The van der Waals surface area contributed by atoms with Crippen LogP contribution in [0.3, 0.4) is 0 Å². The summed E-state index contributed by atoms with van der Waals surface area (Å²) in [5.41, 5.74) is 0.761. The van der Waals surface area contributed by atoms with Crippen LogP contribution in [0, 0.1) is 0 Å². The van der Waals surface area contributed by atoms with E-state index in [0.717, 1.165) is 17.7 Å². The van der Waals surface area contributed by atoms with Crippen LogP contribution in [0.2, 0.25) is 0 Å². The zero-order valence-corrected chi connectivity index (χ0v) is 20.3. The molecule has 0 fully saturated rings. The van der Waals surface area contributed by atoms with Gasteiger partial charge in [0.15, 0.2) is 0 Å². The lowest BCUT2D eigenvalue weighted by molar-refractivity contribution is 0.417. The van der Waals surface area contributed by atoms with Crippen molar-refractivity contribution < 1.29 is 26.7 Å². The molecular weight excluding hydrogens is 464 g/mol. The second kappa shape index (κ2) is 8.95. The maximum atomic E-state index is 12.9. The van der Waals surface area contributed by atoms with Gasteiger partial charge in [-0.05, 0) is 53.4 Å². The molecule has 0 atom stereocenters. The number of para-hydroxylation sites is 2. The van der Waals surface area contributed by atoms with E-state index in [0.29, 0.717) is 5.75 Å². The Labute approximate surface area is 194 Å². The number of sulfonamides is 2. The molecule has 3 aromatic rings. The molecule has 0 saturated carbocycles. The molecule has 0 amide bonds. The minimum Gasteiger partial charge on any atom is -0.506 e. The third-order valence-corrected chi connectivity index (χ3v) is 7.65. The van der Waals surface area contributed by atoms with Crippen LogP contribution < -0.4 is 14.2 Å². The Balaban J connectivity index is 1.91. The van der Waals surface area contributed by atoms with Crippen molar-refractivity contribution in [1.29, 1.82) is 0 Å². The summed E-state index contributed by atoms with van der Waals surface area (Å²) in [4.78, 5) is -0.262. The largest absolute Gasteiger partial charge is 0.506 e. The molecule has 0 aromatic heterocycles. The molecule has 0 bridgehead atoms. The van der Waals surface area contributed by atoms with E-state index in [1.807, 2.05) is 20.8 Å². The van der Waals surface area contributed by atoms with E-state index in [1.165, 1.54) is 31.4 Å². The molecule has 3 aromatic carbocycles. The Hall–Kier alpha value is -3.24. The number of hydrogen-bond donors (Lipinski definition) is 3. The van der Waals surface area contributed by atoms with Gasteiger partial charge in [0, 0.05) is 0 Å². The fourth-order valence-corrected chi connectivity index (χ4v) is 5.20. The number of phenolic OH excluding ortho intramolecular Hbond substituents is 1. The van der Waals surface area contributed by atoms with E-state index >= 15 is 0 Å². The van der Waals surface area contributed by atoms with Crippen molar-refractivity contribution >= 4 is 31.4 Å². The summed E-state index contributed by atoms with van der Waals surface area (Å²) in [6.45, 7) is 6.04. The SMILES string of the molecule is COc1ccccc1NS(=O)(=O)c1ccc(O)c(NS(=O)(=O)c2ccc(C(C)(C)C)cc2)c1. The first-order valence-electron chi connectivity index (χ1n) is 9.96. The minimum absolute atomic E-state index is 0.0182. The molecule has 176 valence electrons. The normalized spacial score (nSPS) is 12.2. The fourth-order valence-electron chi connectivity index (χ4n) is 3.03. The number of methoxy groups -OCH3 is 1. The predicted molar refractivity (Wildman–Crippen MR) is 128 cm³/mol. The molecule has 0 heterocycles. The summed E-state index contributed by atoms with van der Waals surface area (Å²) < 4.78 is 61.3. The van der Waals surface area contributed by atoms with Gasteiger partial charge in [0.25, 0.3) is 20.0 Å². The van der Waals surface area contributed by atoms with Gasteiger partial charge in [-0.25, -0.2) is 16.8 Å². The maximum absolute atomic E-state index is 12.9. The van der Waals surface area contributed by atoms with Crippen molar-refractivity contribution in [2.45, 2.75) is 36.0 Å². The number of ether oxygens (including phenoxy) is 1. The van der Waals surface area contributed by atoms with E-state index in [9.17, 15) is 21.9 Å². The summed E-state index contributed by atoms with van der Waals surface area (Å²) in [6, 6.07) is 16.1. The lowest BCUT2D eigenvalue weighted by Gasteiger charge is -2.19. The quantitative estimate of drug-likeness (QED) is 0.425. The number of phenols is 1. The molecule has 3 rings (SSSR count). The van der Waals surface area contributed by atoms with Crippen molar-refractivity contribution in [1.82, 2.24) is 0 Å². The number of benzene rings is 3.